The zero-order valence-electron chi connectivity index (χ0n) is 10.00. The Morgan fingerprint density at radius 2 is 1.88 bits per heavy atom. The number of hydrogen-bond acceptors (Lipinski definition) is 3. The SMILES string of the molecule is CN(C)S(=O)(=O)NCC[C@H](O)c1ccccc1. The van der Waals surface area contributed by atoms with Gasteiger partial charge in [0, 0.05) is 20.6 Å². The van der Waals surface area contributed by atoms with Crippen LogP contribution in [-0.2, 0) is 10.2 Å². The van der Waals surface area contributed by atoms with Crippen LogP contribution in [0.1, 0.15) is 18.1 Å². The molecule has 0 aliphatic carbocycles. The van der Waals surface area contributed by atoms with Gasteiger partial charge >= 0.3 is 0 Å². The number of hydrogen-bond donors (Lipinski definition) is 2. The van der Waals surface area contributed by atoms with Gasteiger partial charge in [0.1, 0.15) is 0 Å². The lowest BCUT2D eigenvalue weighted by Gasteiger charge is -2.14. The zero-order valence-corrected chi connectivity index (χ0v) is 10.8. The maximum Gasteiger partial charge on any atom is 0.278 e. The molecule has 1 aromatic rings. The Labute approximate surface area is 102 Å². The van der Waals surface area contributed by atoms with Crippen molar-refractivity contribution >= 4 is 10.2 Å². The molecule has 0 saturated carbocycles. The first-order chi connectivity index (χ1) is 7.93. The number of aliphatic hydroxyl groups is 1. The van der Waals surface area contributed by atoms with Crippen molar-refractivity contribution in [2.45, 2.75) is 12.5 Å². The van der Waals surface area contributed by atoms with Crippen LogP contribution in [-0.4, -0.2) is 38.5 Å². The molecular formula is C11H18N2O3S. The van der Waals surface area contributed by atoms with Crippen LogP contribution in [0.5, 0.6) is 0 Å². The van der Waals surface area contributed by atoms with Crippen LogP contribution in [0.25, 0.3) is 0 Å². The number of nitrogens with one attached hydrogen (secondary N) is 1. The van der Waals surface area contributed by atoms with E-state index in [2.05, 4.69) is 4.72 Å². The second kappa shape index (κ2) is 6.11. The highest BCUT2D eigenvalue weighted by atomic mass is 32.2. The summed E-state index contributed by atoms with van der Waals surface area (Å²) in [6.45, 7) is 0.205. The highest BCUT2D eigenvalue weighted by Gasteiger charge is 2.13. The summed E-state index contributed by atoms with van der Waals surface area (Å²) >= 11 is 0. The van der Waals surface area contributed by atoms with E-state index in [4.69, 9.17) is 0 Å². The van der Waals surface area contributed by atoms with Crippen LogP contribution < -0.4 is 4.72 Å². The third kappa shape index (κ3) is 4.43. The first kappa shape index (κ1) is 14.1. The van der Waals surface area contributed by atoms with Crippen LogP contribution in [0.15, 0.2) is 30.3 Å². The summed E-state index contributed by atoms with van der Waals surface area (Å²) in [7, 11) is -0.495. The van der Waals surface area contributed by atoms with E-state index >= 15 is 0 Å². The van der Waals surface area contributed by atoms with Crippen LogP contribution in [0.2, 0.25) is 0 Å². The third-order valence-electron chi connectivity index (χ3n) is 2.37. The molecule has 0 amide bonds. The molecule has 0 unspecified atom stereocenters. The summed E-state index contributed by atoms with van der Waals surface area (Å²) in [4.78, 5) is 0. The fourth-order valence-electron chi connectivity index (χ4n) is 1.30. The van der Waals surface area contributed by atoms with Gasteiger partial charge in [-0.3, -0.25) is 0 Å². The van der Waals surface area contributed by atoms with Crippen LogP contribution in [0.4, 0.5) is 0 Å². The molecule has 0 bridgehead atoms. The lowest BCUT2D eigenvalue weighted by atomic mass is 10.1. The van der Waals surface area contributed by atoms with Gasteiger partial charge in [-0.2, -0.15) is 12.7 Å². The highest BCUT2D eigenvalue weighted by Crippen LogP contribution is 2.14. The molecule has 0 fully saturated rings. The van der Waals surface area contributed by atoms with Crippen molar-refractivity contribution in [2.24, 2.45) is 0 Å². The molecule has 96 valence electrons. The minimum atomic E-state index is -3.40. The fourth-order valence-corrected chi connectivity index (χ4v) is 1.93. The smallest absolute Gasteiger partial charge is 0.278 e. The van der Waals surface area contributed by atoms with Crippen molar-refractivity contribution < 1.29 is 13.5 Å². The predicted octanol–water partition coefficient (Wildman–Crippen LogP) is 0.506. The van der Waals surface area contributed by atoms with Gasteiger partial charge < -0.3 is 5.11 Å². The van der Waals surface area contributed by atoms with Gasteiger partial charge in [0.2, 0.25) is 0 Å². The van der Waals surface area contributed by atoms with E-state index < -0.39 is 16.3 Å². The van der Waals surface area contributed by atoms with E-state index in [-0.39, 0.29) is 6.54 Å². The maximum atomic E-state index is 11.4. The first-order valence-corrected chi connectivity index (χ1v) is 6.77. The van der Waals surface area contributed by atoms with E-state index in [1.54, 1.807) is 0 Å². The highest BCUT2D eigenvalue weighted by molar-refractivity contribution is 7.87. The molecule has 0 heterocycles. The van der Waals surface area contributed by atoms with Crippen molar-refractivity contribution in [1.29, 1.82) is 0 Å². The molecule has 0 radical (unpaired) electrons. The molecule has 0 aromatic heterocycles. The Hall–Kier alpha value is -0.950. The normalized spacial score (nSPS) is 13.9. The van der Waals surface area contributed by atoms with E-state index in [0.29, 0.717) is 6.42 Å². The first-order valence-electron chi connectivity index (χ1n) is 5.33. The Morgan fingerprint density at radius 1 is 1.29 bits per heavy atom. The molecule has 0 aliphatic heterocycles. The quantitative estimate of drug-likeness (QED) is 0.781. The van der Waals surface area contributed by atoms with Crippen LogP contribution in [0.3, 0.4) is 0 Å². The molecule has 0 aliphatic rings. The van der Waals surface area contributed by atoms with Gasteiger partial charge in [-0.05, 0) is 12.0 Å². The second-order valence-corrected chi connectivity index (χ2v) is 5.87. The Bertz CT molecular complexity index is 431. The molecule has 1 rings (SSSR count). The Kier molecular flexibility index (Phi) is 5.07. The molecule has 1 aromatic carbocycles. The number of benzene rings is 1. The monoisotopic (exact) mass is 258 g/mol. The number of nitrogens with zero attached hydrogens (tertiary/aromatic N) is 1. The molecule has 2 N–H and O–H groups in total. The van der Waals surface area contributed by atoms with Crippen molar-refractivity contribution in [1.82, 2.24) is 9.03 Å². The van der Waals surface area contributed by atoms with Crippen LogP contribution in [0, 0.1) is 0 Å². The summed E-state index contributed by atoms with van der Waals surface area (Å²) in [6, 6.07) is 9.16. The standard InChI is InChI=1S/C11H18N2O3S/c1-13(2)17(15,16)12-9-8-11(14)10-6-4-3-5-7-10/h3-7,11-12,14H,8-9H2,1-2H3/t11-/m0/s1. The summed E-state index contributed by atoms with van der Waals surface area (Å²) in [5.74, 6) is 0. The van der Waals surface area contributed by atoms with E-state index in [0.717, 1.165) is 9.87 Å². The third-order valence-corrected chi connectivity index (χ3v) is 3.90. The topological polar surface area (TPSA) is 69.6 Å². The number of rotatable bonds is 6. The fraction of sp³-hybridized carbons (Fsp3) is 0.455. The predicted molar refractivity (Wildman–Crippen MR) is 66.6 cm³/mol. The Morgan fingerprint density at radius 3 is 2.41 bits per heavy atom. The van der Waals surface area contributed by atoms with Crippen molar-refractivity contribution in [2.75, 3.05) is 20.6 Å². The van der Waals surface area contributed by atoms with E-state index in [9.17, 15) is 13.5 Å². The molecule has 17 heavy (non-hydrogen) atoms. The van der Waals surface area contributed by atoms with Gasteiger partial charge in [0.15, 0.2) is 0 Å². The number of aliphatic hydroxyl groups excluding tert-OH is 1. The molecule has 5 nitrogen and oxygen atoms in total. The second-order valence-electron chi connectivity index (χ2n) is 3.90. The van der Waals surface area contributed by atoms with Gasteiger partial charge in [-0.1, -0.05) is 30.3 Å². The van der Waals surface area contributed by atoms with E-state index in [1.165, 1.54) is 14.1 Å². The molecule has 6 heteroatoms. The van der Waals surface area contributed by atoms with Gasteiger partial charge in [0.05, 0.1) is 6.10 Å². The lowest BCUT2D eigenvalue weighted by Crippen LogP contribution is -2.36. The maximum absolute atomic E-state index is 11.4. The lowest BCUT2D eigenvalue weighted by molar-refractivity contribution is 0.169. The minimum absolute atomic E-state index is 0.205. The summed E-state index contributed by atoms with van der Waals surface area (Å²) < 4.78 is 26.3. The van der Waals surface area contributed by atoms with Gasteiger partial charge in [0.25, 0.3) is 10.2 Å². The average Bonchev–Trinajstić information content (AvgIpc) is 2.29. The van der Waals surface area contributed by atoms with Crippen molar-refractivity contribution in [3.63, 3.8) is 0 Å². The largest absolute Gasteiger partial charge is 0.388 e. The summed E-state index contributed by atoms with van der Waals surface area (Å²) in [6.07, 6.45) is -0.307. The van der Waals surface area contributed by atoms with Gasteiger partial charge in [-0.15, -0.1) is 0 Å². The van der Waals surface area contributed by atoms with Crippen LogP contribution >= 0.6 is 0 Å². The summed E-state index contributed by atoms with van der Waals surface area (Å²) in [5, 5.41) is 9.81. The van der Waals surface area contributed by atoms with E-state index in [1.807, 2.05) is 30.3 Å². The minimum Gasteiger partial charge on any atom is -0.388 e. The molecular weight excluding hydrogens is 240 g/mol. The molecule has 1 atom stereocenters. The average molecular weight is 258 g/mol. The van der Waals surface area contributed by atoms with Gasteiger partial charge in [-0.25, -0.2) is 4.72 Å². The zero-order chi connectivity index (χ0) is 12.9. The molecule has 0 spiro atoms. The summed E-state index contributed by atoms with van der Waals surface area (Å²) in [5.41, 5.74) is 0.788. The van der Waals surface area contributed by atoms with Crippen molar-refractivity contribution in [3.8, 4) is 0 Å². The molecule has 0 saturated heterocycles. The Balaban J connectivity index is 2.43. The van der Waals surface area contributed by atoms with Crippen molar-refractivity contribution in [3.05, 3.63) is 35.9 Å².